The van der Waals surface area contributed by atoms with E-state index in [1.54, 1.807) is 36.5 Å². The van der Waals surface area contributed by atoms with Crippen molar-refractivity contribution in [3.8, 4) is 17.0 Å². The van der Waals surface area contributed by atoms with Crippen LogP contribution in [0.15, 0.2) is 48.9 Å². The summed E-state index contributed by atoms with van der Waals surface area (Å²) in [5.41, 5.74) is 6.84. The first kappa shape index (κ1) is 17.8. The number of pyridine rings is 1. The second kappa shape index (κ2) is 7.49. The number of aromatic nitrogens is 3. The molecule has 0 saturated carbocycles. The van der Waals surface area contributed by atoms with E-state index in [1.807, 2.05) is 0 Å². The molecule has 3 rings (SSSR count). The standard InChI is InChI=1S/C17H13ClF2N4O2/c18-12-3-1-2-11(7-12)13-6-10(8-23-16(13)26-17(19)20)9-24-5-4-22-15(24)14(21)25/h1-8,17H,9H2,(H2,21,25). The van der Waals surface area contributed by atoms with Gasteiger partial charge in [-0.25, -0.2) is 9.97 Å². The maximum Gasteiger partial charge on any atom is 0.388 e. The molecule has 26 heavy (non-hydrogen) atoms. The van der Waals surface area contributed by atoms with E-state index < -0.39 is 12.5 Å². The second-order valence-corrected chi connectivity index (χ2v) is 5.76. The van der Waals surface area contributed by atoms with Crippen LogP contribution in [0, 0.1) is 0 Å². The zero-order valence-corrected chi connectivity index (χ0v) is 14.0. The second-order valence-electron chi connectivity index (χ2n) is 5.33. The first-order valence-corrected chi connectivity index (χ1v) is 7.82. The normalized spacial score (nSPS) is 10.9. The van der Waals surface area contributed by atoms with Gasteiger partial charge in [0.1, 0.15) is 0 Å². The van der Waals surface area contributed by atoms with E-state index in [1.165, 1.54) is 17.0 Å². The van der Waals surface area contributed by atoms with E-state index in [2.05, 4.69) is 14.7 Å². The topological polar surface area (TPSA) is 83.0 Å². The minimum atomic E-state index is -3.01. The average Bonchev–Trinajstić information content (AvgIpc) is 3.04. The molecule has 2 heterocycles. The Labute approximate surface area is 152 Å². The van der Waals surface area contributed by atoms with E-state index in [0.717, 1.165) is 0 Å². The number of benzene rings is 1. The molecule has 3 aromatic rings. The number of imidazole rings is 1. The van der Waals surface area contributed by atoms with Crippen molar-refractivity contribution >= 4 is 17.5 Å². The number of alkyl halides is 2. The van der Waals surface area contributed by atoms with E-state index >= 15 is 0 Å². The molecule has 0 radical (unpaired) electrons. The number of hydrogen-bond donors (Lipinski definition) is 1. The van der Waals surface area contributed by atoms with Crippen molar-refractivity contribution in [3.63, 3.8) is 0 Å². The third kappa shape index (κ3) is 3.97. The van der Waals surface area contributed by atoms with Crippen molar-refractivity contribution in [2.24, 2.45) is 5.73 Å². The predicted octanol–water partition coefficient (Wildman–Crippen LogP) is 3.35. The number of nitrogens with two attached hydrogens (primary N) is 1. The van der Waals surface area contributed by atoms with Gasteiger partial charge in [0.15, 0.2) is 5.82 Å². The van der Waals surface area contributed by atoms with Gasteiger partial charge >= 0.3 is 6.61 Å². The third-order valence-corrected chi connectivity index (χ3v) is 3.77. The van der Waals surface area contributed by atoms with Crippen molar-refractivity contribution in [1.82, 2.24) is 14.5 Å². The number of halogens is 3. The molecule has 1 aromatic carbocycles. The van der Waals surface area contributed by atoms with Crippen LogP contribution < -0.4 is 10.5 Å². The predicted molar refractivity (Wildman–Crippen MR) is 91.2 cm³/mol. The summed E-state index contributed by atoms with van der Waals surface area (Å²) >= 11 is 5.99. The summed E-state index contributed by atoms with van der Waals surface area (Å²) < 4.78 is 31.4. The van der Waals surface area contributed by atoms with Crippen molar-refractivity contribution < 1.29 is 18.3 Å². The van der Waals surface area contributed by atoms with E-state index in [0.29, 0.717) is 21.7 Å². The molecule has 9 heteroatoms. The smallest absolute Gasteiger partial charge is 0.388 e. The van der Waals surface area contributed by atoms with Gasteiger partial charge in [0.25, 0.3) is 5.91 Å². The van der Waals surface area contributed by atoms with Gasteiger partial charge in [0.2, 0.25) is 5.88 Å². The third-order valence-electron chi connectivity index (χ3n) is 3.53. The number of ether oxygens (including phenoxy) is 1. The number of carbonyl (C=O) groups excluding carboxylic acids is 1. The number of nitrogens with zero attached hydrogens (tertiary/aromatic N) is 3. The molecule has 0 aliphatic rings. The van der Waals surface area contributed by atoms with Gasteiger partial charge in [-0.1, -0.05) is 23.7 Å². The van der Waals surface area contributed by atoms with Crippen LogP contribution in [0.5, 0.6) is 5.88 Å². The first-order valence-electron chi connectivity index (χ1n) is 7.44. The molecule has 0 fully saturated rings. The molecular formula is C17H13ClF2N4O2. The average molecular weight is 379 g/mol. The summed E-state index contributed by atoms with van der Waals surface area (Å²) in [7, 11) is 0. The summed E-state index contributed by atoms with van der Waals surface area (Å²) in [6.07, 6.45) is 4.42. The van der Waals surface area contributed by atoms with Gasteiger partial charge in [0, 0.05) is 29.2 Å². The fraction of sp³-hybridized carbons (Fsp3) is 0.118. The summed E-state index contributed by atoms with van der Waals surface area (Å²) in [6.45, 7) is -2.78. The number of primary amides is 1. The van der Waals surface area contributed by atoms with Crippen LogP contribution in [0.1, 0.15) is 16.2 Å². The van der Waals surface area contributed by atoms with Gasteiger partial charge in [-0.2, -0.15) is 8.78 Å². The molecule has 6 nitrogen and oxygen atoms in total. The lowest BCUT2D eigenvalue weighted by Gasteiger charge is -2.13. The Morgan fingerprint density at radius 1 is 1.31 bits per heavy atom. The van der Waals surface area contributed by atoms with Gasteiger partial charge in [-0.05, 0) is 29.3 Å². The highest BCUT2D eigenvalue weighted by atomic mass is 35.5. The molecule has 0 aliphatic carbocycles. The molecule has 0 saturated heterocycles. The van der Waals surface area contributed by atoms with Crippen LogP contribution in [-0.4, -0.2) is 27.1 Å². The lowest BCUT2D eigenvalue weighted by atomic mass is 10.1. The minimum Gasteiger partial charge on any atom is -0.416 e. The van der Waals surface area contributed by atoms with Gasteiger partial charge < -0.3 is 15.0 Å². The number of rotatable bonds is 6. The first-order chi connectivity index (χ1) is 12.4. The van der Waals surface area contributed by atoms with Gasteiger partial charge in [-0.3, -0.25) is 4.79 Å². The number of carbonyl (C=O) groups is 1. The molecule has 0 bridgehead atoms. The lowest BCUT2D eigenvalue weighted by molar-refractivity contribution is -0.0524. The highest BCUT2D eigenvalue weighted by molar-refractivity contribution is 6.30. The number of amides is 1. The van der Waals surface area contributed by atoms with Crippen molar-refractivity contribution in [3.05, 3.63) is 65.3 Å². The monoisotopic (exact) mass is 378 g/mol. The van der Waals surface area contributed by atoms with Crippen molar-refractivity contribution in [2.75, 3.05) is 0 Å². The zero-order valence-electron chi connectivity index (χ0n) is 13.3. The van der Waals surface area contributed by atoms with Crippen LogP contribution in [0.2, 0.25) is 5.02 Å². The van der Waals surface area contributed by atoms with Gasteiger partial charge in [-0.15, -0.1) is 0 Å². The Hall–Kier alpha value is -3.00. The summed E-state index contributed by atoms with van der Waals surface area (Å²) in [4.78, 5) is 19.3. The summed E-state index contributed by atoms with van der Waals surface area (Å²) in [5.74, 6) is -0.801. The zero-order chi connectivity index (χ0) is 18.7. The highest BCUT2D eigenvalue weighted by Crippen LogP contribution is 2.31. The molecular weight excluding hydrogens is 366 g/mol. The summed E-state index contributed by atoms with van der Waals surface area (Å²) in [6, 6.07) is 8.32. The Morgan fingerprint density at radius 3 is 2.81 bits per heavy atom. The Balaban J connectivity index is 2.01. The van der Waals surface area contributed by atoms with Crippen molar-refractivity contribution in [2.45, 2.75) is 13.2 Å². The lowest BCUT2D eigenvalue weighted by Crippen LogP contribution is -2.18. The highest BCUT2D eigenvalue weighted by Gasteiger charge is 2.16. The fourth-order valence-electron chi connectivity index (χ4n) is 2.48. The SMILES string of the molecule is NC(=O)c1nccn1Cc1cnc(OC(F)F)c(-c2cccc(Cl)c2)c1. The quantitative estimate of drug-likeness (QED) is 0.713. The van der Waals surface area contributed by atoms with Crippen LogP contribution in [-0.2, 0) is 6.54 Å². The minimum absolute atomic E-state index is 0.0854. The Kier molecular flexibility index (Phi) is 5.13. The Bertz CT molecular complexity index is 946. The van der Waals surface area contributed by atoms with E-state index in [-0.39, 0.29) is 18.2 Å². The fourth-order valence-corrected chi connectivity index (χ4v) is 2.67. The van der Waals surface area contributed by atoms with E-state index in [9.17, 15) is 13.6 Å². The number of hydrogen-bond acceptors (Lipinski definition) is 4. The molecule has 134 valence electrons. The maximum absolute atomic E-state index is 12.7. The van der Waals surface area contributed by atoms with Crippen LogP contribution in [0.25, 0.3) is 11.1 Å². The van der Waals surface area contributed by atoms with E-state index in [4.69, 9.17) is 17.3 Å². The molecule has 2 N–H and O–H groups in total. The molecule has 0 unspecified atom stereocenters. The van der Waals surface area contributed by atoms with Gasteiger partial charge in [0.05, 0.1) is 6.54 Å². The molecule has 0 aliphatic heterocycles. The van der Waals surface area contributed by atoms with Crippen LogP contribution in [0.3, 0.4) is 0 Å². The molecule has 0 atom stereocenters. The molecule has 2 aromatic heterocycles. The Morgan fingerprint density at radius 2 is 2.12 bits per heavy atom. The van der Waals surface area contributed by atoms with Crippen LogP contribution in [0.4, 0.5) is 8.78 Å². The summed E-state index contributed by atoms with van der Waals surface area (Å²) in [5, 5.41) is 0.446. The molecule has 1 amide bonds. The maximum atomic E-state index is 12.7. The van der Waals surface area contributed by atoms with Crippen LogP contribution >= 0.6 is 11.6 Å². The molecule has 0 spiro atoms. The van der Waals surface area contributed by atoms with Crippen molar-refractivity contribution in [1.29, 1.82) is 0 Å². The largest absolute Gasteiger partial charge is 0.416 e.